The van der Waals surface area contributed by atoms with E-state index in [0.717, 1.165) is 30.9 Å². The van der Waals surface area contributed by atoms with Crippen LogP contribution in [0.15, 0.2) is 52.6 Å². The molecule has 1 saturated carbocycles. The molecule has 0 bridgehead atoms. The Bertz CT molecular complexity index is 1240. The van der Waals surface area contributed by atoms with Gasteiger partial charge in [-0.15, -0.1) is 0 Å². The number of nitrogens with two attached hydrogens (primary N) is 1. The summed E-state index contributed by atoms with van der Waals surface area (Å²) in [5.74, 6) is 0.809. The SMILES string of the molecule is NC1[C@H]2CN(CCO/N=C3/C(c4c(O)[nH]c5ccc(F)cc45)=Nc4ccccc43)C[C@@H]12. The summed E-state index contributed by atoms with van der Waals surface area (Å²) >= 11 is 0. The lowest BCUT2D eigenvalue weighted by Crippen LogP contribution is -2.31. The van der Waals surface area contributed by atoms with Crippen LogP contribution < -0.4 is 5.73 Å². The fraction of sp³-hybridized carbons (Fsp3) is 0.304. The van der Waals surface area contributed by atoms with Crippen molar-refractivity contribution in [1.29, 1.82) is 0 Å². The van der Waals surface area contributed by atoms with Crippen LogP contribution in [0.1, 0.15) is 11.1 Å². The number of nitrogens with one attached hydrogen (secondary N) is 1. The van der Waals surface area contributed by atoms with Crippen LogP contribution in [0.25, 0.3) is 10.9 Å². The standard InChI is InChI=1S/C23H22FN5O2/c24-12-5-6-18-14(9-12)19(23(30)27-18)22-21(13-3-1-2-4-17(13)26-22)28-31-8-7-29-10-15-16(11-29)20(15)25/h1-6,9,15-16,20,27,30H,7-8,10-11,25H2/b28-21+/t15-,16+,20?. The molecule has 3 aliphatic rings. The van der Waals surface area contributed by atoms with E-state index in [-0.39, 0.29) is 11.7 Å². The monoisotopic (exact) mass is 419 g/mol. The van der Waals surface area contributed by atoms with Crippen LogP contribution in [-0.4, -0.2) is 58.7 Å². The molecule has 3 atom stereocenters. The highest BCUT2D eigenvalue weighted by molar-refractivity contribution is 6.58. The van der Waals surface area contributed by atoms with Crippen LogP contribution in [0.4, 0.5) is 10.1 Å². The smallest absolute Gasteiger partial charge is 0.199 e. The average molecular weight is 419 g/mol. The van der Waals surface area contributed by atoms with Gasteiger partial charge < -0.3 is 20.7 Å². The number of fused-ring (bicyclic) bond motifs is 3. The normalized spacial score (nSPS) is 25.7. The summed E-state index contributed by atoms with van der Waals surface area (Å²) in [5.41, 5.74) is 9.58. The summed E-state index contributed by atoms with van der Waals surface area (Å²) in [6.07, 6.45) is 0. The van der Waals surface area contributed by atoms with E-state index in [1.54, 1.807) is 6.07 Å². The predicted octanol–water partition coefficient (Wildman–Crippen LogP) is 2.76. The highest BCUT2D eigenvalue weighted by Crippen LogP contribution is 2.43. The molecule has 3 heterocycles. The van der Waals surface area contributed by atoms with Crippen LogP contribution in [0.2, 0.25) is 0 Å². The first kappa shape index (κ1) is 18.5. The second-order valence-corrected chi connectivity index (χ2v) is 8.45. The predicted molar refractivity (Wildman–Crippen MR) is 116 cm³/mol. The molecule has 1 unspecified atom stereocenters. The summed E-state index contributed by atoms with van der Waals surface area (Å²) in [6.45, 7) is 3.28. The summed E-state index contributed by atoms with van der Waals surface area (Å²) in [7, 11) is 0. The summed E-state index contributed by atoms with van der Waals surface area (Å²) < 4.78 is 13.9. The minimum Gasteiger partial charge on any atom is -0.494 e. The number of aromatic amines is 1. The minimum absolute atomic E-state index is 0.0764. The van der Waals surface area contributed by atoms with Gasteiger partial charge >= 0.3 is 0 Å². The number of rotatable bonds is 5. The van der Waals surface area contributed by atoms with Crippen molar-refractivity contribution in [2.24, 2.45) is 27.7 Å². The third-order valence-electron chi connectivity index (χ3n) is 6.58. The Kier molecular flexibility index (Phi) is 4.12. The summed E-state index contributed by atoms with van der Waals surface area (Å²) in [4.78, 5) is 15.6. The number of hydrogen-bond acceptors (Lipinski definition) is 6. The van der Waals surface area contributed by atoms with Gasteiger partial charge in [-0.3, -0.25) is 4.90 Å². The maximum absolute atomic E-state index is 13.9. The van der Waals surface area contributed by atoms with Crippen molar-refractivity contribution in [3.8, 4) is 5.88 Å². The van der Waals surface area contributed by atoms with Gasteiger partial charge in [-0.2, -0.15) is 0 Å². The fourth-order valence-electron chi connectivity index (χ4n) is 4.85. The second-order valence-electron chi connectivity index (χ2n) is 8.45. The molecule has 0 radical (unpaired) electrons. The van der Waals surface area contributed by atoms with E-state index in [9.17, 15) is 9.50 Å². The van der Waals surface area contributed by atoms with E-state index >= 15 is 0 Å². The number of H-pyrrole nitrogens is 1. The van der Waals surface area contributed by atoms with Crippen LogP contribution in [0.5, 0.6) is 5.88 Å². The molecule has 2 aromatic carbocycles. The molecule has 1 aromatic heterocycles. The number of oxime groups is 1. The summed E-state index contributed by atoms with van der Waals surface area (Å²) in [5, 5.41) is 15.5. The van der Waals surface area contributed by atoms with Gasteiger partial charge in [0.05, 0.1) is 11.3 Å². The number of para-hydroxylation sites is 1. The Hall–Kier alpha value is -3.23. The van der Waals surface area contributed by atoms with Crippen LogP contribution >= 0.6 is 0 Å². The van der Waals surface area contributed by atoms with Crippen LogP contribution in [0.3, 0.4) is 0 Å². The second kappa shape index (κ2) is 6.90. The number of aliphatic imine (C=N–C) groups is 1. The average Bonchev–Trinajstić information content (AvgIpc) is 3.15. The van der Waals surface area contributed by atoms with E-state index in [1.165, 1.54) is 12.1 Å². The molecule has 6 rings (SSSR count). The number of aromatic nitrogens is 1. The van der Waals surface area contributed by atoms with E-state index in [1.807, 2.05) is 24.3 Å². The third kappa shape index (κ3) is 3.02. The molecule has 31 heavy (non-hydrogen) atoms. The van der Waals surface area contributed by atoms with Crippen molar-refractivity contribution in [2.75, 3.05) is 26.2 Å². The molecule has 4 N–H and O–H groups in total. The Balaban J connectivity index is 1.28. The Labute approximate surface area is 178 Å². The number of nitrogens with zero attached hydrogens (tertiary/aromatic N) is 3. The van der Waals surface area contributed by atoms with Gasteiger partial charge in [-0.25, -0.2) is 9.38 Å². The Morgan fingerprint density at radius 1 is 1.23 bits per heavy atom. The number of aromatic hydroxyl groups is 1. The third-order valence-corrected chi connectivity index (χ3v) is 6.58. The van der Waals surface area contributed by atoms with E-state index < -0.39 is 0 Å². The number of hydrogen-bond donors (Lipinski definition) is 3. The molecule has 8 heteroatoms. The zero-order chi connectivity index (χ0) is 21.1. The lowest BCUT2D eigenvalue weighted by molar-refractivity contribution is 0.115. The van der Waals surface area contributed by atoms with Gasteiger partial charge in [-0.05, 0) is 36.1 Å². The quantitative estimate of drug-likeness (QED) is 0.437. The van der Waals surface area contributed by atoms with Crippen molar-refractivity contribution < 1.29 is 14.3 Å². The van der Waals surface area contributed by atoms with Gasteiger partial charge in [0.15, 0.2) is 5.88 Å². The largest absolute Gasteiger partial charge is 0.494 e. The molecule has 7 nitrogen and oxygen atoms in total. The lowest BCUT2D eigenvalue weighted by atomic mass is 10.0. The molecule has 2 fully saturated rings. The molecule has 1 saturated heterocycles. The van der Waals surface area contributed by atoms with E-state index in [4.69, 9.17) is 10.6 Å². The van der Waals surface area contributed by atoms with Crippen LogP contribution in [0, 0.1) is 17.7 Å². The van der Waals surface area contributed by atoms with Crippen molar-refractivity contribution in [2.45, 2.75) is 6.04 Å². The highest BCUT2D eigenvalue weighted by Gasteiger charge is 2.53. The summed E-state index contributed by atoms with van der Waals surface area (Å²) in [6, 6.07) is 12.3. The number of halogens is 1. The first-order chi connectivity index (χ1) is 15.1. The van der Waals surface area contributed by atoms with Gasteiger partial charge in [-0.1, -0.05) is 23.4 Å². The minimum atomic E-state index is -0.387. The fourth-order valence-corrected chi connectivity index (χ4v) is 4.85. The van der Waals surface area contributed by atoms with Crippen molar-refractivity contribution in [1.82, 2.24) is 9.88 Å². The van der Waals surface area contributed by atoms with Crippen molar-refractivity contribution in [3.63, 3.8) is 0 Å². The highest BCUT2D eigenvalue weighted by atomic mass is 19.1. The maximum atomic E-state index is 13.9. The lowest BCUT2D eigenvalue weighted by Gasteiger charge is -2.17. The van der Waals surface area contributed by atoms with Crippen LogP contribution in [-0.2, 0) is 4.84 Å². The number of benzene rings is 2. The Morgan fingerprint density at radius 2 is 2.03 bits per heavy atom. The van der Waals surface area contributed by atoms with Crippen molar-refractivity contribution in [3.05, 3.63) is 59.4 Å². The first-order valence-electron chi connectivity index (χ1n) is 10.5. The topological polar surface area (TPSA) is 99.2 Å². The van der Waals surface area contributed by atoms with E-state index in [0.29, 0.717) is 52.4 Å². The van der Waals surface area contributed by atoms with E-state index in [2.05, 4.69) is 20.0 Å². The van der Waals surface area contributed by atoms with Crippen molar-refractivity contribution >= 4 is 28.0 Å². The Morgan fingerprint density at radius 3 is 2.87 bits per heavy atom. The van der Waals surface area contributed by atoms with Gasteiger partial charge in [0.1, 0.15) is 23.8 Å². The molecule has 1 aliphatic carbocycles. The maximum Gasteiger partial charge on any atom is 0.199 e. The molecule has 0 spiro atoms. The number of piperidine rings is 1. The molecule has 158 valence electrons. The molecule has 2 aliphatic heterocycles. The zero-order valence-corrected chi connectivity index (χ0v) is 16.8. The molecular weight excluding hydrogens is 397 g/mol. The molecular formula is C23H22FN5O2. The van der Waals surface area contributed by atoms with Gasteiger partial charge in [0, 0.05) is 42.1 Å². The zero-order valence-electron chi connectivity index (χ0n) is 16.8. The molecule has 3 aromatic rings. The van der Waals surface area contributed by atoms with Gasteiger partial charge in [0.25, 0.3) is 0 Å². The first-order valence-corrected chi connectivity index (χ1v) is 10.5. The number of likely N-dealkylation sites (tertiary alicyclic amines) is 1. The molecule has 0 amide bonds. The van der Waals surface area contributed by atoms with Gasteiger partial charge in [0.2, 0.25) is 0 Å².